The average molecular weight is 193 g/mol. The standard InChI is InChI=1S/C9H17ClO2/c1-8(2)11-7-9(6-10)4-3-5-12-9/h8H,3-7H2,1-2H3. The SMILES string of the molecule is CC(C)OCC1(CCl)CCCO1. The zero-order chi connectivity index (χ0) is 9.03. The summed E-state index contributed by atoms with van der Waals surface area (Å²) < 4.78 is 11.1. The number of alkyl halides is 1. The molecule has 1 unspecified atom stereocenters. The predicted octanol–water partition coefficient (Wildman–Crippen LogP) is 2.20. The summed E-state index contributed by atoms with van der Waals surface area (Å²) in [5.41, 5.74) is -0.189. The lowest BCUT2D eigenvalue weighted by Crippen LogP contribution is -2.36. The summed E-state index contributed by atoms with van der Waals surface area (Å²) in [6.07, 6.45) is 2.39. The molecule has 1 rings (SSSR count). The van der Waals surface area contributed by atoms with Crippen molar-refractivity contribution in [2.45, 2.75) is 38.4 Å². The minimum atomic E-state index is -0.189. The van der Waals surface area contributed by atoms with Crippen LogP contribution in [0.1, 0.15) is 26.7 Å². The fraction of sp³-hybridized carbons (Fsp3) is 1.00. The maximum absolute atomic E-state index is 5.84. The number of hydrogen-bond acceptors (Lipinski definition) is 2. The molecular weight excluding hydrogens is 176 g/mol. The van der Waals surface area contributed by atoms with Gasteiger partial charge in [-0.3, -0.25) is 0 Å². The number of rotatable bonds is 4. The molecule has 0 aromatic rings. The molecule has 1 aliphatic heterocycles. The molecule has 1 saturated heterocycles. The Morgan fingerprint density at radius 2 is 2.33 bits per heavy atom. The van der Waals surface area contributed by atoms with Crippen LogP contribution < -0.4 is 0 Å². The Labute approximate surface area is 79.2 Å². The van der Waals surface area contributed by atoms with Crippen molar-refractivity contribution in [3.63, 3.8) is 0 Å². The first kappa shape index (κ1) is 10.3. The highest BCUT2D eigenvalue weighted by Gasteiger charge is 2.34. The van der Waals surface area contributed by atoms with Crippen molar-refractivity contribution < 1.29 is 9.47 Å². The number of halogens is 1. The largest absolute Gasteiger partial charge is 0.376 e. The van der Waals surface area contributed by atoms with E-state index in [-0.39, 0.29) is 11.7 Å². The van der Waals surface area contributed by atoms with Crippen molar-refractivity contribution in [3.8, 4) is 0 Å². The van der Waals surface area contributed by atoms with E-state index in [9.17, 15) is 0 Å². The van der Waals surface area contributed by atoms with E-state index in [0.29, 0.717) is 12.5 Å². The molecule has 1 aliphatic rings. The molecule has 0 N–H and O–H groups in total. The lowest BCUT2D eigenvalue weighted by molar-refractivity contribution is -0.0652. The van der Waals surface area contributed by atoms with Crippen LogP contribution in [0.4, 0.5) is 0 Å². The normalized spacial score (nSPS) is 30.0. The summed E-state index contributed by atoms with van der Waals surface area (Å²) in [5, 5.41) is 0. The van der Waals surface area contributed by atoms with Crippen LogP contribution in [-0.4, -0.2) is 30.8 Å². The Balaban J connectivity index is 2.34. The molecule has 0 saturated carbocycles. The van der Waals surface area contributed by atoms with Crippen molar-refractivity contribution in [1.29, 1.82) is 0 Å². The highest BCUT2D eigenvalue weighted by Crippen LogP contribution is 2.27. The molecule has 0 bridgehead atoms. The number of hydrogen-bond donors (Lipinski definition) is 0. The molecule has 0 radical (unpaired) electrons. The molecule has 1 atom stereocenters. The number of ether oxygens (including phenoxy) is 2. The van der Waals surface area contributed by atoms with Crippen LogP contribution >= 0.6 is 11.6 Å². The molecule has 1 heterocycles. The Hall–Kier alpha value is 0.210. The molecule has 0 aromatic carbocycles. The van der Waals surface area contributed by atoms with Gasteiger partial charge in [0, 0.05) is 6.61 Å². The van der Waals surface area contributed by atoms with Crippen LogP contribution in [0.15, 0.2) is 0 Å². The Morgan fingerprint density at radius 1 is 1.58 bits per heavy atom. The van der Waals surface area contributed by atoms with Gasteiger partial charge in [0.15, 0.2) is 0 Å². The molecule has 72 valence electrons. The van der Waals surface area contributed by atoms with Crippen LogP contribution in [0.2, 0.25) is 0 Å². The van der Waals surface area contributed by atoms with Crippen LogP contribution in [-0.2, 0) is 9.47 Å². The third-order valence-corrected chi connectivity index (χ3v) is 2.60. The fourth-order valence-electron chi connectivity index (χ4n) is 1.33. The zero-order valence-corrected chi connectivity index (χ0v) is 8.56. The molecule has 2 nitrogen and oxygen atoms in total. The summed E-state index contributed by atoms with van der Waals surface area (Å²) in [6, 6.07) is 0. The summed E-state index contributed by atoms with van der Waals surface area (Å²) in [6.45, 7) is 5.51. The molecule has 12 heavy (non-hydrogen) atoms. The van der Waals surface area contributed by atoms with Gasteiger partial charge in [-0.1, -0.05) is 0 Å². The van der Waals surface area contributed by atoms with E-state index in [2.05, 4.69) is 0 Å². The van der Waals surface area contributed by atoms with Crippen LogP contribution in [0.3, 0.4) is 0 Å². The van der Waals surface area contributed by atoms with E-state index >= 15 is 0 Å². The summed E-state index contributed by atoms with van der Waals surface area (Å²) in [7, 11) is 0. The van der Waals surface area contributed by atoms with Gasteiger partial charge in [-0.2, -0.15) is 0 Å². The highest BCUT2D eigenvalue weighted by molar-refractivity contribution is 6.18. The quantitative estimate of drug-likeness (QED) is 0.636. The lowest BCUT2D eigenvalue weighted by atomic mass is 10.0. The summed E-state index contributed by atoms with van der Waals surface area (Å²) in [5.74, 6) is 0.541. The van der Waals surface area contributed by atoms with Gasteiger partial charge in [0.25, 0.3) is 0 Å². The maximum Gasteiger partial charge on any atom is 0.105 e. The topological polar surface area (TPSA) is 18.5 Å². The van der Waals surface area contributed by atoms with Crippen molar-refractivity contribution in [1.82, 2.24) is 0 Å². The summed E-state index contributed by atoms with van der Waals surface area (Å²) in [4.78, 5) is 0. The smallest absolute Gasteiger partial charge is 0.105 e. The first-order valence-electron chi connectivity index (χ1n) is 4.50. The van der Waals surface area contributed by atoms with E-state index in [0.717, 1.165) is 19.4 Å². The van der Waals surface area contributed by atoms with Gasteiger partial charge >= 0.3 is 0 Å². The van der Waals surface area contributed by atoms with Gasteiger partial charge in [-0.15, -0.1) is 11.6 Å². The van der Waals surface area contributed by atoms with Crippen LogP contribution in [0.5, 0.6) is 0 Å². The van der Waals surface area contributed by atoms with Crippen molar-refractivity contribution in [3.05, 3.63) is 0 Å². The van der Waals surface area contributed by atoms with Gasteiger partial charge < -0.3 is 9.47 Å². The summed E-state index contributed by atoms with van der Waals surface area (Å²) >= 11 is 5.84. The maximum atomic E-state index is 5.84. The van der Waals surface area contributed by atoms with Crippen LogP contribution in [0.25, 0.3) is 0 Å². The van der Waals surface area contributed by atoms with Crippen molar-refractivity contribution in [2.75, 3.05) is 19.1 Å². The molecular formula is C9H17ClO2. The third-order valence-electron chi connectivity index (χ3n) is 2.11. The van der Waals surface area contributed by atoms with E-state index in [1.807, 2.05) is 13.8 Å². The predicted molar refractivity (Wildman–Crippen MR) is 49.7 cm³/mol. The molecule has 0 spiro atoms. The van der Waals surface area contributed by atoms with E-state index in [1.165, 1.54) is 0 Å². The van der Waals surface area contributed by atoms with Gasteiger partial charge in [0.2, 0.25) is 0 Å². The van der Waals surface area contributed by atoms with Crippen molar-refractivity contribution >= 4 is 11.6 Å². The Bertz CT molecular complexity index is 130. The van der Waals surface area contributed by atoms with Gasteiger partial charge in [-0.25, -0.2) is 0 Å². The minimum absolute atomic E-state index is 0.189. The molecule has 0 aliphatic carbocycles. The molecule has 1 fully saturated rings. The van der Waals surface area contributed by atoms with Gasteiger partial charge in [0.1, 0.15) is 5.60 Å². The van der Waals surface area contributed by atoms with E-state index < -0.39 is 0 Å². The van der Waals surface area contributed by atoms with Gasteiger partial charge in [0.05, 0.1) is 18.6 Å². The fourth-order valence-corrected chi connectivity index (χ4v) is 1.62. The van der Waals surface area contributed by atoms with Crippen LogP contribution in [0, 0.1) is 0 Å². The van der Waals surface area contributed by atoms with Crippen molar-refractivity contribution in [2.24, 2.45) is 0 Å². The highest BCUT2D eigenvalue weighted by atomic mass is 35.5. The molecule has 0 amide bonds. The second kappa shape index (κ2) is 4.45. The van der Waals surface area contributed by atoms with E-state index in [1.54, 1.807) is 0 Å². The van der Waals surface area contributed by atoms with E-state index in [4.69, 9.17) is 21.1 Å². The minimum Gasteiger partial charge on any atom is -0.376 e. The van der Waals surface area contributed by atoms with Gasteiger partial charge in [-0.05, 0) is 26.7 Å². The first-order chi connectivity index (χ1) is 5.68. The Morgan fingerprint density at radius 3 is 2.75 bits per heavy atom. The first-order valence-corrected chi connectivity index (χ1v) is 5.03. The Kier molecular flexibility index (Phi) is 3.81. The third kappa shape index (κ3) is 2.61. The molecule has 0 aromatic heterocycles. The monoisotopic (exact) mass is 192 g/mol. The second-order valence-electron chi connectivity index (χ2n) is 3.63. The lowest BCUT2D eigenvalue weighted by Gasteiger charge is -2.26. The zero-order valence-electron chi connectivity index (χ0n) is 7.81. The molecule has 3 heteroatoms. The second-order valence-corrected chi connectivity index (χ2v) is 3.90. The average Bonchev–Trinajstić information content (AvgIpc) is 2.50.